The molecule has 0 heterocycles. The Morgan fingerprint density at radius 1 is 0.842 bits per heavy atom. The Hall–Kier alpha value is -1.10. The van der Waals surface area contributed by atoms with Gasteiger partial charge in [-0.15, -0.1) is 0 Å². The number of hydrogen-bond donors (Lipinski definition) is 1. The van der Waals surface area contributed by atoms with Crippen molar-refractivity contribution in [2.24, 2.45) is 0 Å². The molecule has 0 aromatic carbocycles. The second kappa shape index (κ2) is 13.3. The van der Waals surface area contributed by atoms with Crippen LogP contribution in [0.2, 0.25) is 0 Å². The summed E-state index contributed by atoms with van der Waals surface area (Å²) in [5.74, 6) is -0.411. The Kier molecular flexibility index (Phi) is 12.6. The van der Waals surface area contributed by atoms with E-state index in [9.17, 15) is 9.59 Å². The summed E-state index contributed by atoms with van der Waals surface area (Å²) in [7, 11) is 0. The Balaban J connectivity index is 3.28. The Labute approximate surface area is 115 Å². The lowest BCUT2D eigenvalue weighted by Crippen LogP contribution is -2.07. The fraction of sp³-hybridized carbons (Fsp3) is 0.857. The van der Waals surface area contributed by atoms with Crippen molar-refractivity contribution < 1.29 is 24.2 Å². The van der Waals surface area contributed by atoms with Crippen molar-refractivity contribution in [3.8, 4) is 0 Å². The molecule has 0 saturated carbocycles. The molecule has 0 amide bonds. The maximum absolute atomic E-state index is 11.3. The third kappa shape index (κ3) is 13.1. The quantitative estimate of drug-likeness (QED) is 0.436. The second-order valence-electron chi connectivity index (χ2n) is 4.37. The maximum Gasteiger partial charge on any atom is 0.305 e. The summed E-state index contributed by atoms with van der Waals surface area (Å²) in [6, 6.07) is 0. The van der Waals surface area contributed by atoms with Crippen LogP contribution >= 0.6 is 0 Å². The van der Waals surface area contributed by atoms with Crippen molar-refractivity contribution in [1.29, 1.82) is 0 Å². The van der Waals surface area contributed by atoms with E-state index in [0.29, 0.717) is 38.9 Å². The van der Waals surface area contributed by atoms with Crippen LogP contribution in [0.4, 0.5) is 0 Å². The van der Waals surface area contributed by atoms with Gasteiger partial charge in [0.05, 0.1) is 13.2 Å². The predicted octanol–water partition coefficient (Wildman–Crippen LogP) is 2.21. The number of unbranched alkanes of at least 4 members (excludes halogenated alkanes) is 4. The van der Waals surface area contributed by atoms with Crippen molar-refractivity contribution in [2.45, 2.75) is 58.3 Å². The van der Waals surface area contributed by atoms with Crippen LogP contribution in [-0.2, 0) is 19.1 Å². The van der Waals surface area contributed by atoms with Gasteiger partial charge in [-0.2, -0.15) is 0 Å². The van der Waals surface area contributed by atoms with Gasteiger partial charge in [-0.25, -0.2) is 0 Å². The average Bonchev–Trinajstić information content (AvgIpc) is 2.39. The summed E-state index contributed by atoms with van der Waals surface area (Å²) >= 11 is 0. The molecule has 19 heavy (non-hydrogen) atoms. The van der Waals surface area contributed by atoms with Crippen LogP contribution in [0, 0.1) is 0 Å². The van der Waals surface area contributed by atoms with Crippen molar-refractivity contribution in [3.05, 3.63) is 0 Å². The van der Waals surface area contributed by atoms with Gasteiger partial charge < -0.3 is 14.6 Å². The number of carbonyl (C=O) groups is 2. The molecule has 5 heteroatoms. The minimum Gasteiger partial charge on any atom is -0.466 e. The molecule has 0 fully saturated rings. The molecule has 0 aliphatic rings. The highest BCUT2D eigenvalue weighted by Crippen LogP contribution is 2.04. The molecule has 0 unspecified atom stereocenters. The standard InChI is InChI=1S/C14H26O5/c1-2-18-13(16)9-5-6-10-14(17)19-12-8-4-3-7-11-15/h15H,2-12H2,1H3. The molecule has 0 aliphatic heterocycles. The van der Waals surface area contributed by atoms with E-state index in [2.05, 4.69) is 0 Å². The number of carbonyl (C=O) groups excluding carboxylic acids is 2. The summed E-state index contributed by atoms with van der Waals surface area (Å²) in [4.78, 5) is 22.4. The summed E-state index contributed by atoms with van der Waals surface area (Å²) in [5.41, 5.74) is 0. The lowest BCUT2D eigenvalue weighted by Gasteiger charge is -2.05. The maximum atomic E-state index is 11.3. The first-order valence-electron chi connectivity index (χ1n) is 7.12. The van der Waals surface area contributed by atoms with E-state index in [1.54, 1.807) is 6.92 Å². The highest BCUT2D eigenvalue weighted by Gasteiger charge is 2.05. The van der Waals surface area contributed by atoms with Gasteiger partial charge in [0.15, 0.2) is 0 Å². The fourth-order valence-corrected chi connectivity index (χ4v) is 1.60. The molecule has 0 radical (unpaired) electrons. The number of aliphatic hydroxyl groups is 1. The summed E-state index contributed by atoms with van der Waals surface area (Å²) in [6.07, 6.45) is 5.62. The third-order valence-electron chi connectivity index (χ3n) is 2.63. The molecule has 0 aromatic rings. The number of esters is 2. The van der Waals surface area contributed by atoms with Gasteiger partial charge in [0.2, 0.25) is 0 Å². The zero-order valence-corrected chi connectivity index (χ0v) is 11.9. The summed E-state index contributed by atoms with van der Waals surface area (Å²) < 4.78 is 9.85. The van der Waals surface area contributed by atoms with E-state index in [0.717, 1.165) is 25.7 Å². The minimum atomic E-state index is -0.209. The first-order chi connectivity index (χ1) is 9.20. The van der Waals surface area contributed by atoms with Crippen LogP contribution in [0.3, 0.4) is 0 Å². The fourth-order valence-electron chi connectivity index (χ4n) is 1.60. The smallest absolute Gasteiger partial charge is 0.305 e. The van der Waals surface area contributed by atoms with Crippen molar-refractivity contribution in [1.82, 2.24) is 0 Å². The van der Waals surface area contributed by atoms with Crippen LogP contribution in [0.25, 0.3) is 0 Å². The largest absolute Gasteiger partial charge is 0.466 e. The minimum absolute atomic E-state index is 0.203. The molecule has 0 bridgehead atoms. The zero-order chi connectivity index (χ0) is 14.3. The SMILES string of the molecule is CCOC(=O)CCCCC(=O)OCCCCCCO. The highest BCUT2D eigenvalue weighted by molar-refractivity contribution is 5.70. The van der Waals surface area contributed by atoms with E-state index >= 15 is 0 Å². The first-order valence-corrected chi connectivity index (χ1v) is 7.12. The molecule has 0 aliphatic carbocycles. The highest BCUT2D eigenvalue weighted by atomic mass is 16.5. The lowest BCUT2D eigenvalue weighted by molar-refractivity contribution is -0.145. The van der Waals surface area contributed by atoms with E-state index in [1.165, 1.54) is 0 Å². The average molecular weight is 274 g/mol. The van der Waals surface area contributed by atoms with Gasteiger partial charge in [0, 0.05) is 19.4 Å². The normalized spacial score (nSPS) is 10.2. The Morgan fingerprint density at radius 2 is 1.42 bits per heavy atom. The summed E-state index contributed by atoms with van der Waals surface area (Å²) in [5, 5.41) is 8.59. The van der Waals surface area contributed by atoms with Crippen LogP contribution < -0.4 is 0 Å². The van der Waals surface area contributed by atoms with Crippen LogP contribution in [0.1, 0.15) is 58.3 Å². The molecule has 112 valence electrons. The van der Waals surface area contributed by atoms with Crippen molar-refractivity contribution in [2.75, 3.05) is 19.8 Å². The molecular formula is C14H26O5. The molecule has 5 nitrogen and oxygen atoms in total. The number of hydrogen-bond acceptors (Lipinski definition) is 5. The molecular weight excluding hydrogens is 248 g/mol. The molecule has 0 rings (SSSR count). The molecule has 0 atom stereocenters. The molecule has 1 N–H and O–H groups in total. The molecule has 0 saturated heterocycles. The predicted molar refractivity (Wildman–Crippen MR) is 71.6 cm³/mol. The molecule has 0 spiro atoms. The lowest BCUT2D eigenvalue weighted by atomic mass is 10.2. The topological polar surface area (TPSA) is 72.8 Å². The van der Waals surface area contributed by atoms with Crippen LogP contribution in [0.15, 0.2) is 0 Å². The van der Waals surface area contributed by atoms with Gasteiger partial charge in [-0.05, 0) is 39.0 Å². The third-order valence-corrected chi connectivity index (χ3v) is 2.63. The second-order valence-corrected chi connectivity index (χ2v) is 4.37. The van der Waals surface area contributed by atoms with Gasteiger partial charge in [0.1, 0.15) is 0 Å². The Bertz CT molecular complexity index is 240. The number of rotatable bonds is 12. The van der Waals surface area contributed by atoms with Crippen LogP contribution in [-0.4, -0.2) is 36.9 Å². The van der Waals surface area contributed by atoms with Gasteiger partial charge >= 0.3 is 11.9 Å². The Morgan fingerprint density at radius 3 is 2.00 bits per heavy atom. The van der Waals surface area contributed by atoms with E-state index in [1.807, 2.05) is 0 Å². The first kappa shape index (κ1) is 17.9. The van der Waals surface area contributed by atoms with Crippen molar-refractivity contribution in [3.63, 3.8) is 0 Å². The monoisotopic (exact) mass is 274 g/mol. The van der Waals surface area contributed by atoms with Crippen molar-refractivity contribution >= 4 is 11.9 Å². The molecule has 0 aromatic heterocycles. The van der Waals surface area contributed by atoms with E-state index in [-0.39, 0.29) is 18.5 Å². The van der Waals surface area contributed by atoms with Gasteiger partial charge in [-0.3, -0.25) is 9.59 Å². The zero-order valence-electron chi connectivity index (χ0n) is 11.9. The number of aliphatic hydroxyl groups excluding tert-OH is 1. The van der Waals surface area contributed by atoms with Crippen LogP contribution in [0.5, 0.6) is 0 Å². The van der Waals surface area contributed by atoms with Gasteiger partial charge in [-0.1, -0.05) is 6.42 Å². The van der Waals surface area contributed by atoms with Gasteiger partial charge in [0.25, 0.3) is 0 Å². The summed E-state index contributed by atoms with van der Waals surface area (Å²) in [6.45, 7) is 2.84. The van der Waals surface area contributed by atoms with E-state index < -0.39 is 0 Å². The van der Waals surface area contributed by atoms with E-state index in [4.69, 9.17) is 14.6 Å². The number of ether oxygens (including phenoxy) is 2.